The molecule has 164 valence electrons. The van der Waals surface area contributed by atoms with Crippen molar-refractivity contribution in [1.29, 1.82) is 0 Å². The van der Waals surface area contributed by atoms with Crippen LogP contribution in [0.25, 0.3) is 0 Å². The van der Waals surface area contributed by atoms with Gasteiger partial charge in [0.25, 0.3) is 5.91 Å². The summed E-state index contributed by atoms with van der Waals surface area (Å²) in [5.74, 6) is 0.367. The van der Waals surface area contributed by atoms with Crippen molar-refractivity contribution in [2.75, 3.05) is 36.5 Å². The molecule has 0 aliphatic carbocycles. The Morgan fingerprint density at radius 3 is 2.22 bits per heavy atom. The third-order valence-electron chi connectivity index (χ3n) is 6.67. The van der Waals surface area contributed by atoms with E-state index in [4.69, 9.17) is 4.74 Å². The number of carbonyl (C=O) groups is 1. The zero-order valence-corrected chi connectivity index (χ0v) is 18.8. The molecule has 1 spiro atoms. The fourth-order valence-corrected chi connectivity index (χ4v) is 4.41. The summed E-state index contributed by atoms with van der Waals surface area (Å²) in [6.45, 7) is 9.90. The number of anilines is 2. The first kappa shape index (κ1) is 20.6. The second kappa shape index (κ2) is 7.71. The van der Waals surface area contributed by atoms with E-state index in [1.807, 2.05) is 12.1 Å². The van der Waals surface area contributed by atoms with Gasteiger partial charge in [0, 0.05) is 30.4 Å². The number of nitrogens with one attached hydrogen (secondary N) is 1. The first-order valence-corrected chi connectivity index (χ1v) is 11.0. The molecule has 1 amide bonds. The number of carbonyl (C=O) groups excluding carboxylic acids is 1. The molecule has 3 aromatic rings. The normalized spacial score (nSPS) is 16.9. The van der Waals surface area contributed by atoms with E-state index in [2.05, 4.69) is 77.4 Å². The maximum absolute atomic E-state index is 12.8. The molecule has 0 bridgehead atoms. The minimum atomic E-state index is -0.235. The maximum atomic E-state index is 12.8. The van der Waals surface area contributed by atoms with Crippen LogP contribution in [0.4, 0.5) is 11.6 Å². The van der Waals surface area contributed by atoms with E-state index in [0.29, 0.717) is 11.6 Å². The molecular formula is C26H28N4O2. The Bertz CT molecular complexity index is 1130. The lowest BCUT2D eigenvalue weighted by Crippen LogP contribution is -2.66. The van der Waals surface area contributed by atoms with Crippen molar-refractivity contribution in [2.45, 2.75) is 26.2 Å². The summed E-state index contributed by atoms with van der Waals surface area (Å²) in [4.78, 5) is 23.7. The van der Waals surface area contributed by atoms with Crippen LogP contribution in [0.15, 0.2) is 60.8 Å². The lowest BCUT2D eigenvalue weighted by Gasteiger charge is -2.54. The number of ether oxygens (including phenoxy) is 1. The summed E-state index contributed by atoms with van der Waals surface area (Å²) in [5.41, 5.74) is 4.96. The Morgan fingerprint density at radius 1 is 1.00 bits per heavy atom. The summed E-state index contributed by atoms with van der Waals surface area (Å²) in [6.07, 6.45) is 1.65. The van der Waals surface area contributed by atoms with E-state index in [0.717, 1.165) is 32.0 Å². The highest BCUT2D eigenvalue weighted by molar-refractivity contribution is 6.03. The van der Waals surface area contributed by atoms with Crippen LogP contribution in [0.5, 0.6) is 0 Å². The summed E-state index contributed by atoms with van der Waals surface area (Å²) in [6, 6.07) is 18.3. The summed E-state index contributed by atoms with van der Waals surface area (Å²) >= 11 is 0. The van der Waals surface area contributed by atoms with Gasteiger partial charge in [-0.05, 0) is 36.2 Å². The van der Waals surface area contributed by atoms with Crippen LogP contribution in [0.1, 0.15) is 41.0 Å². The van der Waals surface area contributed by atoms with Crippen molar-refractivity contribution >= 4 is 17.5 Å². The molecule has 6 heteroatoms. The van der Waals surface area contributed by atoms with Crippen molar-refractivity contribution < 1.29 is 9.53 Å². The number of aromatic nitrogens is 2. The lowest BCUT2D eigenvalue weighted by molar-refractivity contribution is -0.127. The molecule has 2 fully saturated rings. The molecule has 1 N–H and O–H groups in total. The van der Waals surface area contributed by atoms with Gasteiger partial charge < -0.3 is 15.0 Å². The van der Waals surface area contributed by atoms with Crippen LogP contribution in [0.3, 0.4) is 0 Å². The summed E-state index contributed by atoms with van der Waals surface area (Å²) in [5, 5.41) is 2.96. The monoisotopic (exact) mass is 428 g/mol. The van der Waals surface area contributed by atoms with Gasteiger partial charge in [0.2, 0.25) is 5.95 Å². The molecule has 0 atom stereocenters. The van der Waals surface area contributed by atoms with E-state index < -0.39 is 0 Å². The quantitative estimate of drug-likeness (QED) is 0.660. The highest BCUT2D eigenvalue weighted by Gasteiger charge is 2.49. The van der Waals surface area contributed by atoms with E-state index >= 15 is 0 Å². The predicted molar refractivity (Wildman–Crippen MR) is 125 cm³/mol. The molecule has 2 aliphatic rings. The molecule has 5 rings (SSSR count). The molecule has 0 radical (unpaired) electrons. The first-order valence-electron chi connectivity index (χ1n) is 11.0. The highest BCUT2D eigenvalue weighted by atomic mass is 16.5. The minimum absolute atomic E-state index is 0.127. The Kier molecular flexibility index (Phi) is 4.97. The van der Waals surface area contributed by atoms with E-state index in [1.165, 1.54) is 16.7 Å². The molecule has 2 aliphatic heterocycles. The second-order valence-electron chi connectivity index (χ2n) is 9.61. The van der Waals surface area contributed by atoms with Crippen LogP contribution in [-0.4, -0.2) is 42.2 Å². The molecule has 0 unspecified atom stereocenters. The number of amides is 1. The number of aryl methyl sites for hydroxylation is 1. The van der Waals surface area contributed by atoms with E-state index in [1.54, 1.807) is 12.3 Å². The zero-order chi connectivity index (χ0) is 22.3. The van der Waals surface area contributed by atoms with Gasteiger partial charge in [-0.1, -0.05) is 55.8 Å². The Balaban J connectivity index is 1.26. The number of nitrogens with zero attached hydrogens (tertiary/aromatic N) is 3. The van der Waals surface area contributed by atoms with Crippen molar-refractivity contribution in [1.82, 2.24) is 9.97 Å². The summed E-state index contributed by atoms with van der Waals surface area (Å²) < 4.78 is 5.32. The fourth-order valence-electron chi connectivity index (χ4n) is 4.41. The fraction of sp³-hybridized carbons (Fsp3) is 0.346. The number of rotatable bonds is 5. The number of hydrogen-bond donors (Lipinski definition) is 1. The smallest absolute Gasteiger partial charge is 0.274 e. The first-order chi connectivity index (χ1) is 15.3. The highest BCUT2D eigenvalue weighted by Crippen LogP contribution is 2.39. The van der Waals surface area contributed by atoms with Crippen molar-refractivity contribution in [3.63, 3.8) is 0 Å². The van der Waals surface area contributed by atoms with Crippen molar-refractivity contribution in [3.8, 4) is 0 Å². The standard InChI is InChI=1S/C26H28N4O2/c1-18-4-6-19(7-5-18)25(2,3)20-8-10-21(11-9-20)28-23(31)22-12-13-27-24(29-22)30-14-26(15-30)16-32-17-26/h4-13H,14-17H2,1-3H3,(H,28,31). The molecule has 6 nitrogen and oxygen atoms in total. The molecule has 2 saturated heterocycles. The molecule has 2 aromatic carbocycles. The number of hydrogen-bond acceptors (Lipinski definition) is 5. The molecule has 3 heterocycles. The molecular weight excluding hydrogens is 400 g/mol. The van der Waals surface area contributed by atoms with Crippen LogP contribution >= 0.6 is 0 Å². The van der Waals surface area contributed by atoms with Gasteiger partial charge in [-0.25, -0.2) is 9.97 Å². The molecule has 1 aromatic heterocycles. The van der Waals surface area contributed by atoms with Gasteiger partial charge in [0.1, 0.15) is 5.69 Å². The predicted octanol–water partition coefficient (Wildman–Crippen LogP) is 4.20. The van der Waals surface area contributed by atoms with Crippen molar-refractivity contribution in [2.24, 2.45) is 5.41 Å². The van der Waals surface area contributed by atoms with Crippen LogP contribution in [0, 0.1) is 12.3 Å². The maximum Gasteiger partial charge on any atom is 0.274 e. The average molecular weight is 429 g/mol. The SMILES string of the molecule is Cc1ccc(C(C)(C)c2ccc(NC(=O)c3ccnc(N4CC5(COC5)C4)n3)cc2)cc1. The Hall–Kier alpha value is -3.25. The molecule has 0 saturated carbocycles. The third-order valence-corrected chi connectivity index (χ3v) is 6.67. The Labute approximate surface area is 188 Å². The molecule has 32 heavy (non-hydrogen) atoms. The van der Waals surface area contributed by atoms with Gasteiger partial charge in [-0.2, -0.15) is 0 Å². The summed E-state index contributed by atoms with van der Waals surface area (Å²) in [7, 11) is 0. The van der Waals surface area contributed by atoms with Gasteiger partial charge in [0.05, 0.1) is 18.6 Å². The second-order valence-corrected chi connectivity index (χ2v) is 9.61. The largest absolute Gasteiger partial charge is 0.380 e. The Morgan fingerprint density at radius 2 is 1.62 bits per heavy atom. The topological polar surface area (TPSA) is 67.4 Å². The van der Waals surface area contributed by atoms with Gasteiger partial charge in [-0.3, -0.25) is 4.79 Å². The van der Waals surface area contributed by atoms with Gasteiger partial charge in [0.15, 0.2) is 0 Å². The van der Waals surface area contributed by atoms with Crippen molar-refractivity contribution in [3.05, 3.63) is 83.2 Å². The third kappa shape index (κ3) is 3.75. The average Bonchev–Trinajstić information content (AvgIpc) is 2.73. The number of benzene rings is 2. The van der Waals surface area contributed by atoms with Crippen LogP contribution in [0.2, 0.25) is 0 Å². The van der Waals surface area contributed by atoms with E-state index in [-0.39, 0.29) is 16.7 Å². The lowest BCUT2D eigenvalue weighted by atomic mass is 9.78. The minimum Gasteiger partial charge on any atom is -0.380 e. The zero-order valence-electron chi connectivity index (χ0n) is 18.8. The van der Waals surface area contributed by atoms with Crippen LogP contribution < -0.4 is 10.2 Å². The van der Waals surface area contributed by atoms with Gasteiger partial charge in [-0.15, -0.1) is 0 Å². The van der Waals surface area contributed by atoms with E-state index in [9.17, 15) is 4.79 Å². The van der Waals surface area contributed by atoms with Gasteiger partial charge >= 0.3 is 0 Å². The van der Waals surface area contributed by atoms with Crippen LogP contribution in [-0.2, 0) is 10.2 Å².